The zero-order valence-electron chi connectivity index (χ0n) is 11.7. The fourth-order valence-corrected chi connectivity index (χ4v) is 2.27. The van der Waals surface area contributed by atoms with Crippen molar-refractivity contribution in [2.75, 3.05) is 0 Å². The standard InChI is InChI=1S/C14H18F2N4/c1-4-20-11(7-9(3)19-20)14(18-17)10-6-5-8(2)12(15)13(10)16/h5-7,14,18H,4,17H2,1-3H3. The van der Waals surface area contributed by atoms with Gasteiger partial charge in [-0.15, -0.1) is 0 Å². The zero-order valence-corrected chi connectivity index (χ0v) is 11.7. The van der Waals surface area contributed by atoms with Crippen LogP contribution in [-0.2, 0) is 6.54 Å². The summed E-state index contributed by atoms with van der Waals surface area (Å²) >= 11 is 0. The Kier molecular flexibility index (Phi) is 4.15. The Bertz CT molecular complexity index is 622. The highest BCUT2D eigenvalue weighted by atomic mass is 19.2. The highest BCUT2D eigenvalue weighted by molar-refractivity contribution is 5.33. The monoisotopic (exact) mass is 280 g/mol. The second kappa shape index (κ2) is 5.68. The predicted octanol–water partition coefficient (Wildman–Crippen LogP) is 2.35. The number of hydrazine groups is 1. The molecule has 0 fully saturated rings. The van der Waals surface area contributed by atoms with Gasteiger partial charge in [-0.1, -0.05) is 12.1 Å². The van der Waals surface area contributed by atoms with E-state index in [1.807, 2.05) is 19.9 Å². The number of halogens is 2. The van der Waals surface area contributed by atoms with Crippen molar-refractivity contribution in [1.29, 1.82) is 0 Å². The lowest BCUT2D eigenvalue weighted by Crippen LogP contribution is -2.31. The molecule has 3 N–H and O–H groups in total. The summed E-state index contributed by atoms with van der Waals surface area (Å²) in [5.41, 5.74) is 4.48. The number of nitrogens with two attached hydrogens (primary N) is 1. The molecule has 0 aliphatic heterocycles. The number of aryl methyl sites for hydroxylation is 3. The van der Waals surface area contributed by atoms with Crippen LogP contribution < -0.4 is 11.3 Å². The molecular formula is C14H18F2N4. The third-order valence-electron chi connectivity index (χ3n) is 3.31. The third-order valence-corrected chi connectivity index (χ3v) is 3.31. The zero-order chi connectivity index (χ0) is 14.9. The maximum Gasteiger partial charge on any atom is 0.164 e. The number of hydrogen-bond donors (Lipinski definition) is 2. The quantitative estimate of drug-likeness (QED) is 0.667. The molecule has 0 bridgehead atoms. The molecule has 0 spiro atoms. The van der Waals surface area contributed by atoms with E-state index in [1.54, 1.807) is 10.7 Å². The first-order valence-electron chi connectivity index (χ1n) is 6.44. The summed E-state index contributed by atoms with van der Waals surface area (Å²) < 4.78 is 29.6. The topological polar surface area (TPSA) is 55.9 Å². The molecule has 0 aliphatic rings. The van der Waals surface area contributed by atoms with Crippen molar-refractivity contribution in [1.82, 2.24) is 15.2 Å². The van der Waals surface area contributed by atoms with Gasteiger partial charge in [-0.3, -0.25) is 10.5 Å². The van der Waals surface area contributed by atoms with Gasteiger partial charge < -0.3 is 0 Å². The van der Waals surface area contributed by atoms with Crippen LogP contribution in [0.1, 0.15) is 35.5 Å². The van der Waals surface area contributed by atoms with Crippen LogP contribution in [0, 0.1) is 25.5 Å². The molecule has 0 saturated carbocycles. The van der Waals surface area contributed by atoms with Gasteiger partial charge >= 0.3 is 0 Å². The minimum Gasteiger partial charge on any atom is -0.271 e. The van der Waals surface area contributed by atoms with Gasteiger partial charge in [0, 0.05) is 12.1 Å². The normalized spacial score (nSPS) is 12.7. The van der Waals surface area contributed by atoms with Gasteiger partial charge in [-0.25, -0.2) is 14.2 Å². The van der Waals surface area contributed by atoms with Crippen molar-refractivity contribution in [3.63, 3.8) is 0 Å². The molecule has 4 nitrogen and oxygen atoms in total. The highest BCUT2D eigenvalue weighted by Crippen LogP contribution is 2.27. The summed E-state index contributed by atoms with van der Waals surface area (Å²) in [6.07, 6.45) is 0. The Morgan fingerprint density at radius 1 is 1.30 bits per heavy atom. The van der Waals surface area contributed by atoms with Crippen molar-refractivity contribution in [3.05, 3.63) is 52.3 Å². The largest absolute Gasteiger partial charge is 0.271 e. The minimum atomic E-state index is -0.880. The number of benzene rings is 1. The van der Waals surface area contributed by atoms with E-state index in [2.05, 4.69) is 10.5 Å². The van der Waals surface area contributed by atoms with Crippen LogP contribution in [0.5, 0.6) is 0 Å². The Morgan fingerprint density at radius 2 is 2.00 bits per heavy atom. The maximum absolute atomic E-state index is 14.1. The summed E-state index contributed by atoms with van der Waals surface area (Å²) in [7, 11) is 0. The number of aromatic nitrogens is 2. The Balaban J connectivity index is 2.55. The molecule has 1 aromatic carbocycles. The second-order valence-electron chi connectivity index (χ2n) is 4.73. The van der Waals surface area contributed by atoms with Gasteiger partial charge in [-0.2, -0.15) is 5.10 Å². The van der Waals surface area contributed by atoms with Crippen LogP contribution in [0.15, 0.2) is 18.2 Å². The van der Waals surface area contributed by atoms with Gasteiger partial charge in [-0.05, 0) is 32.4 Å². The van der Waals surface area contributed by atoms with Crippen molar-refractivity contribution >= 4 is 0 Å². The summed E-state index contributed by atoms with van der Waals surface area (Å²) in [5.74, 6) is 3.82. The lowest BCUT2D eigenvalue weighted by atomic mass is 10.0. The molecule has 0 amide bonds. The molecule has 108 valence electrons. The summed E-state index contributed by atoms with van der Waals surface area (Å²) in [5, 5.41) is 4.30. The van der Waals surface area contributed by atoms with E-state index in [9.17, 15) is 8.78 Å². The molecule has 1 heterocycles. The van der Waals surface area contributed by atoms with E-state index in [0.29, 0.717) is 12.2 Å². The SMILES string of the molecule is CCn1nc(C)cc1C(NN)c1ccc(C)c(F)c1F. The van der Waals surface area contributed by atoms with Crippen LogP contribution in [0.4, 0.5) is 8.78 Å². The number of nitrogens with one attached hydrogen (secondary N) is 1. The van der Waals surface area contributed by atoms with Crippen LogP contribution >= 0.6 is 0 Å². The van der Waals surface area contributed by atoms with E-state index in [0.717, 1.165) is 5.69 Å². The molecule has 0 saturated heterocycles. The summed E-state index contributed by atoms with van der Waals surface area (Å²) in [4.78, 5) is 0. The molecule has 2 aromatic rings. The van der Waals surface area contributed by atoms with Gasteiger partial charge in [0.05, 0.1) is 17.4 Å². The number of hydrogen-bond acceptors (Lipinski definition) is 3. The van der Waals surface area contributed by atoms with Gasteiger partial charge in [0.15, 0.2) is 11.6 Å². The van der Waals surface area contributed by atoms with E-state index in [-0.39, 0.29) is 11.1 Å². The Morgan fingerprint density at radius 3 is 2.60 bits per heavy atom. The van der Waals surface area contributed by atoms with Gasteiger partial charge in [0.1, 0.15) is 0 Å². The lowest BCUT2D eigenvalue weighted by molar-refractivity contribution is 0.468. The first kappa shape index (κ1) is 14.6. The number of nitrogens with zero attached hydrogens (tertiary/aromatic N) is 2. The van der Waals surface area contributed by atoms with E-state index >= 15 is 0 Å². The smallest absolute Gasteiger partial charge is 0.164 e. The van der Waals surface area contributed by atoms with Crippen LogP contribution in [-0.4, -0.2) is 9.78 Å². The maximum atomic E-state index is 14.1. The lowest BCUT2D eigenvalue weighted by Gasteiger charge is -2.19. The molecule has 6 heteroatoms. The van der Waals surface area contributed by atoms with Crippen LogP contribution in [0.3, 0.4) is 0 Å². The van der Waals surface area contributed by atoms with Gasteiger partial charge in [0.25, 0.3) is 0 Å². The van der Waals surface area contributed by atoms with E-state index < -0.39 is 17.7 Å². The molecule has 1 atom stereocenters. The van der Waals surface area contributed by atoms with E-state index in [4.69, 9.17) is 5.84 Å². The van der Waals surface area contributed by atoms with Crippen molar-refractivity contribution in [3.8, 4) is 0 Å². The average molecular weight is 280 g/mol. The highest BCUT2D eigenvalue weighted by Gasteiger charge is 2.23. The number of rotatable bonds is 4. The molecule has 1 aromatic heterocycles. The average Bonchev–Trinajstić information content (AvgIpc) is 2.80. The molecule has 0 aliphatic carbocycles. The fourth-order valence-electron chi connectivity index (χ4n) is 2.27. The van der Waals surface area contributed by atoms with Crippen LogP contribution in [0.2, 0.25) is 0 Å². The fraction of sp³-hybridized carbons (Fsp3) is 0.357. The Hall–Kier alpha value is -1.79. The van der Waals surface area contributed by atoms with Crippen molar-refractivity contribution < 1.29 is 8.78 Å². The molecular weight excluding hydrogens is 262 g/mol. The molecule has 2 rings (SSSR count). The minimum absolute atomic E-state index is 0.171. The molecule has 1 unspecified atom stereocenters. The first-order chi connectivity index (χ1) is 9.49. The third kappa shape index (κ3) is 2.44. The summed E-state index contributed by atoms with van der Waals surface area (Å²) in [6.45, 7) is 5.91. The van der Waals surface area contributed by atoms with Crippen LogP contribution in [0.25, 0.3) is 0 Å². The Labute approximate surface area is 116 Å². The second-order valence-corrected chi connectivity index (χ2v) is 4.73. The first-order valence-corrected chi connectivity index (χ1v) is 6.44. The van der Waals surface area contributed by atoms with Gasteiger partial charge in [0.2, 0.25) is 0 Å². The van der Waals surface area contributed by atoms with Crippen molar-refractivity contribution in [2.45, 2.75) is 33.4 Å². The predicted molar refractivity (Wildman–Crippen MR) is 72.9 cm³/mol. The van der Waals surface area contributed by atoms with E-state index in [1.165, 1.54) is 13.0 Å². The van der Waals surface area contributed by atoms with Crippen molar-refractivity contribution in [2.24, 2.45) is 5.84 Å². The molecule has 20 heavy (non-hydrogen) atoms. The molecule has 0 radical (unpaired) electrons. The summed E-state index contributed by atoms with van der Waals surface area (Å²) in [6, 6.07) is 4.25.